The van der Waals surface area contributed by atoms with E-state index >= 15 is 0 Å². The van der Waals surface area contributed by atoms with E-state index in [1.165, 1.54) is 0 Å². The van der Waals surface area contributed by atoms with Gasteiger partial charge >= 0.3 is 0 Å². The van der Waals surface area contributed by atoms with Crippen LogP contribution in [0.25, 0.3) is 0 Å². The van der Waals surface area contributed by atoms with E-state index in [4.69, 9.17) is 9.47 Å². The van der Waals surface area contributed by atoms with Crippen molar-refractivity contribution in [3.05, 3.63) is 0 Å². The topological polar surface area (TPSA) is 41.9 Å². The van der Waals surface area contributed by atoms with Gasteiger partial charge in [0, 0.05) is 13.1 Å². The highest BCUT2D eigenvalue weighted by Gasteiger charge is 2.56. The van der Waals surface area contributed by atoms with Crippen molar-refractivity contribution in [2.45, 2.75) is 63.8 Å². The van der Waals surface area contributed by atoms with Gasteiger partial charge in [-0.25, -0.2) is 0 Å². The van der Waals surface area contributed by atoms with Gasteiger partial charge in [0.2, 0.25) is 0 Å². The second kappa shape index (κ2) is 3.92. The Labute approximate surface area is 103 Å². The van der Waals surface area contributed by atoms with Crippen molar-refractivity contribution in [3.8, 4) is 0 Å². The highest BCUT2D eigenvalue weighted by atomic mass is 16.8. The lowest BCUT2D eigenvalue weighted by Crippen LogP contribution is -2.52. The smallest absolute Gasteiger partial charge is 0.163 e. The molecule has 3 heterocycles. The molecule has 5 atom stereocenters. The predicted molar refractivity (Wildman–Crippen MR) is 63.6 cm³/mol. The molecule has 98 valence electrons. The third kappa shape index (κ3) is 1.91. The molecule has 3 aliphatic rings. The van der Waals surface area contributed by atoms with Gasteiger partial charge in [-0.3, -0.25) is 4.90 Å². The van der Waals surface area contributed by atoms with Crippen LogP contribution in [0.1, 0.15) is 33.6 Å². The van der Waals surface area contributed by atoms with Gasteiger partial charge in [0.15, 0.2) is 5.79 Å². The second-order valence-corrected chi connectivity index (χ2v) is 6.16. The van der Waals surface area contributed by atoms with Gasteiger partial charge in [-0.05, 0) is 26.2 Å². The van der Waals surface area contributed by atoms with Crippen molar-refractivity contribution >= 4 is 0 Å². The summed E-state index contributed by atoms with van der Waals surface area (Å²) >= 11 is 0. The van der Waals surface area contributed by atoms with E-state index < -0.39 is 5.79 Å². The van der Waals surface area contributed by atoms with Crippen molar-refractivity contribution in [3.63, 3.8) is 0 Å². The molecule has 0 radical (unpaired) electrons. The Morgan fingerprint density at radius 1 is 1.29 bits per heavy atom. The van der Waals surface area contributed by atoms with Gasteiger partial charge in [0.1, 0.15) is 12.2 Å². The monoisotopic (exact) mass is 241 g/mol. The molecule has 1 N–H and O–H groups in total. The molecule has 0 amide bonds. The third-order valence-electron chi connectivity index (χ3n) is 4.43. The second-order valence-electron chi connectivity index (χ2n) is 6.16. The number of piperidine rings is 1. The average Bonchev–Trinajstić information content (AvgIpc) is 2.68. The number of aliphatic hydroxyl groups is 1. The Kier molecular flexibility index (Phi) is 2.74. The quantitative estimate of drug-likeness (QED) is 0.743. The van der Waals surface area contributed by atoms with Gasteiger partial charge in [-0.15, -0.1) is 0 Å². The lowest BCUT2D eigenvalue weighted by Gasteiger charge is -2.40. The van der Waals surface area contributed by atoms with E-state index in [1.54, 1.807) is 0 Å². The van der Waals surface area contributed by atoms with Crippen LogP contribution in [0.15, 0.2) is 0 Å². The van der Waals surface area contributed by atoms with Gasteiger partial charge in [-0.1, -0.05) is 13.3 Å². The molecule has 3 fully saturated rings. The largest absolute Gasteiger partial charge is 0.391 e. The average molecular weight is 241 g/mol. The molecule has 4 heteroatoms. The molecule has 0 aromatic heterocycles. The number of fused-ring (bicyclic) bond motifs is 3. The minimum absolute atomic E-state index is 0.0535. The van der Waals surface area contributed by atoms with Crippen molar-refractivity contribution in [2.75, 3.05) is 13.1 Å². The lowest BCUT2D eigenvalue weighted by molar-refractivity contribution is -0.172. The molecule has 0 unspecified atom stereocenters. The maximum atomic E-state index is 10.3. The minimum Gasteiger partial charge on any atom is -0.391 e. The highest BCUT2D eigenvalue weighted by Crippen LogP contribution is 2.41. The van der Waals surface area contributed by atoms with Crippen molar-refractivity contribution in [1.29, 1.82) is 0 Å². The van der Waals surface area contributed by atoms with E-state index in [-0.39, 0.29) is 24.4 Å². The zero-order valence-corrected chi connectivity index (χ0v) is 10.9. The molecule has 0 saturated carbocycles. The van der Waals surface area contributed by atoms with E-state index in [2.05, 4.69) is 11.8 Å². The van der Waals surface area contributed by atoms with Crippen LogP contribution >= 0.6 is 0 Å². The summed E-state index contributed by atoms with van der Waals surface area (Å²) in [6, 6.07) is 0.143. The van der Waals surface area contributed by atoms with Gasteiger partial charge < -0.3 is 14.6 Å². The van der Waals surface area contributed by atoms with Crippen LogP contribution in [-0.2, 0) is 9.47 Å². The zero-order valence-electron chi connectivity index (χ0n) is 10.9. The summed E-state index contributed by atoms with van der Waals surface area (Å²) in [6.07, 6.45) is 1.98. The molecular weight excluding hydrogens is 218 g/mol. The number of ether oxygens (including phenoxy) is 2. The number of aliphatic hydroxyl groups excluding tert-OH is 1. The number of hydrogen-bond acceptors (Lipinski definition) is 4. The Hall–Kier alpha value is -0.160. The molecule has 3 aliphatic heterocycles. The van der Waals surface area contributed by atoms with Crippen LogP contribution in [0.3, 0.4) is 0 Å². The zero-order chi connectivity index (χ0) is 12.2. The first-order chi connectivity index (χ1) is 8.00. The normalized spacial score (nSPS) is 49.1. The summed E-state index contributed by atoms with van der Waals surface area (Å²) in [4.78, 5) is 2.37. The highest BCUT2D eigenvalue weighted by molar-refractivity contribution is 5.05. The minimum atomic E-state index is -0.483. The van der Waals surface area contributed by atoms with Crippen LogP contribution in [0.2, 0.25) is 0 Å². The molecule has 17 heavy (non-hydrogen) atoms. The molecular formula is C13H23NO3. The van der Waals surface area contributed by atoms with Crippen LogP contribution in [-0.4, -0.2) is 53.2 Å². The molecule has 0 aliphatic carbocycles. The summed E-state index contributed by atoms with van der Waals surface area (Å²) in [5.41, 5.74) is 0. The first-order valence-corrected chi connectivity index (χ1v) is 6.78. The van der Waals surface area contributed by atoms with Crippen molar-refractivity contribution in [1.82, 2.24) is 4.90 Å². The lowest BCUT2D eigenvalue weighted by atomic mass is 9.88. The van der Waals surface area contributed by atoms with Crippen molar-refractivity contribution in [2.24, 2.45) is 5.92 Å². The maximum Gasteiger partial charge on any atom is 0.163 e. The summed E-state index contributed by atoms with van der Waals surface area (Å²) in [5, 5.41) is 10.3. The summed E-state index contributed by atoms with van der Waals surface area (Å²) in [6.45, 7) is 8.11. The predicted octanol–water partition coefficient (Wildman–Crippen LogP) is 0.981. The Bertz CT molecular complexity index is 307. The fraction of sp³-hybridized carbons (Fsp3) is 1.00. The first-order valence-electron chi connectivity index (χ1n) is 6.78. The molecule has 4 nitrogen and oxygen atoms in total. The number of nitrogens with zero attached hydrogens (tertiary/aromatic N) is 1. The fourth-order valence-electron chi connectivity index (χ4n) is 3.70. The van der Waals surface area contributed by atoms with Crippen LogP contribution in [0.5, 0.6) is 0 Å². The van der Waals surface area contributed by atoms with E-state index in [1.807, 2.05) is 13.8 Å². The Balaban J connectivity index is 1.76. The first kappa shape index (κ1) is 11.9. The van der Waals surface area contributed by atoms with E-state index in [0.29, 0.717) is 5.92 Å². The molecule has 3 saturated heterocycles. The number of hydrogen-bond donors (Lipinski definition) is 1. The van der Waals surface area contributed by atoms with Gasteiger partial charge in [0.05, 0.1) is 12.1 Å². The molecule has 3 rings (SSSR count). The van der Waals surface area contributed by atoms with E-state index in [0.717, 1.165) is 25.9 Å². The third-order valence-corrected chi connectivity index (χ3v) is 4.43. The Morgan fingerprint density at radius 2 is 2.06 bits per heavy atom. The van der Waals surface area contributed by atoms with Gasteiger partial charge in [0.25, 0.3) is 0 Å². The SMILES string of the molecule is CC[C@@H]1C[C@@H](O)[C@@H]2[C@@H]3OC(C)(C)O[C@@H]3CN2C1. The summed E-state index contributed by atoms with van der Waals surface area (Å²) in [5.74, 6) is 0.135. The van der Waals surface area contributed by atoms with Crippen molar-refractivity contribution < 1.29 is 14.6 Å². The van der Waals surface area contributed by atoms with Crippen LogP contribution in [0, 0.1) is 5.92 Å². The Morgan fingerprint density at radius 3 is 2.76 bits per heavy atom. The maximum absolute atomic E-state index is 10.3. The number of rotatable bonds is 1. The molecule has 0 aromatic rings. The van der Waals surface area contributed by atoms with Crippen LogP contribution in [0.4, 0.5) is 0 Å². The molecule has 0 bridgehead atoms. The van der Waals surface area contributed by atoms with E-state index in [9.17, 15) is 5.11 Å². The molecule has 0 spiro atoms. The molecule has 0 aromatic carbocycles. The summed E-state index contributed by atoms with van der Waals surface area (Å²) in [7, 11) is 0. The fourth-order valence-corrected chi connectivity index (χ4v) is 3.70. The summed E-state index contributed by atoms with van der Waals surface area (Å²) < 4.78 is 11.9. The van der Waals surface area contributed by atoms with Crippen LogP contribution < -0.4 is 0 Å². The van der Waals surface area contributed by atoms with Gasteiger partial charge in [-0.2, -0.15) is 0 Å². The standard InChI is InChI=1S/C13H23NO3/c1-4-8-5-9(15)11-12-10(7-14(11)6-8)16-13(2,3)17-12/h8-12,15H,4-7H2,1-3H3/t8-,9-,10-,11-,12-/m1/s1.